The van der Waals surface area contributed by atoms with E-state index < -0.39 is 17.4 Å². The first kappa shape index (κ1) is 15.0. The van der Waals surface area contributed by atoms with Gasteiger partial charge in [0.15, 0.2) is 5.41 Å². The molecule has 0 saturated heterocycles. The number of carboxylic acid groups (broad SMARTS) is 1. The molecule has 0 aromatic rings. The van der Waals surface area contributed by atoms with Gasteiger partial charge in [-0.05, 0) is 39.0 Å². The standard InChI is InChI=1S/C13H22O5/c1-4-18-12(16)13(2,11(14)15)9-6-5-7-10(8-9)17-3/h9-10H,4-8H2,1-3H3,(H,14,15). The molecule has 0 radical (unpaired) electrons. The van der Waals surface area contributed by atoms with E-state index in [0.717, 1.165) is 19.3 Å². The molecule has 104 valence electrons. The summed E-state index contributed by atoms with van der Waals surface area (Å²) < 4.78 is 10.2. The highest BCUT2D eigenvalue weighted by molar-refractivity contribution is 5.99. The molecule has 1 fully saturated rings. The monoisotopic (exact) mass is 258 g/mol. The molecule has 0 bridgehead atoms. The molecular formula is C13H22O5. The number of hydrogen-bond donors (Lipinski definition) is 1. The summed E-state index contributed by atoms with van der Waals surface area (Å²) in [7, 11) is 1.62. The number of aliphatic carboxylic acids is 1. The Bertz CT molecular complexity index is 315. The van der Waals surface area contributed by atoms with Crippen molar-refractivity contribution in [3.05, 3.63) is 0 Å². The Morgan fingerprint density at radius 2 is 2.06 bits per heavy atom. The highest BCUT2D eigenvalue weighted by Gasteiger charge is 2.50. The Morgan fingerprint density at radius 3 is 2.56 bits per heavy atom. The summed E-state index contributed by atoms with van der Waals surface area (Å²) in [5, 5.41) is 9.40. The van der Waals surface area contributed by atoms with Crippen molar-refractivity contribution in [3.63, 3.8) is 0 Å². The van der Waals surface area contributed by atoms with Gasteiger partial charge in [-0.3, -0.25) is 9.59 Å². The molecule has 0 spiro atoms. The number of rotatable bonds is 5. The fourth-order valence-corrected chi connectivity index (χ4v) is 2.59. The molecule has 0 aromatic carbocycles. The summed E-state index contributed by atoms with van der Waals surface area (Å²) in [5.74, 6) is -1.98. The molecule has 1 aliphatic carbocycles. The predicted octanol–water partition coefficient (Wildman–Crippen LogP) is 1.85. The van der Waals surface area contributed by atoms with E-state index in [2.05, 4.69) is 0 Å². The van der Waals surface area contributed by atoms with Crippen LogP contribution < -0.4 is 0 Å². The fourth-order valence-electron chi connectivity index (χ4n) is 2.59. The summed E-state index contributed by atoms with van der Waals surface area (Å²) in [6.45, 7) is 3.34. The molecule has 3 unspecified atom stereocenters. The van der Waals surface area contributed by atoms with Crippen LogP contribution >= 0.6 is 0 Å². The highest BCUT2D eigenvalue weighted by atomic mass is 16.5. The maximum absolute atomic E-state index is 12.0. The van der Waals surface area contributed by atoms with Crippen molar-refractivity contribution in [1.82, 2.24) is 0 Å². The van der Waals surface area contributed by atoms with E-state index >= 15 is 0 Å². The van der Waals surface area contributed by atoms with Gasteiger partial charge in [-0.15, -0.1) is 0 Å². The molecule has 1 aliphatic rings. The Kier molecular flexibility index (Phi) is 5.14. The molecule has 18 heavy (non-hydrogen) atoms. The quantitative estimate of drug-likeness (QED) is 0.601. The molecule has 1 rings (SSSR count). The smallest absolute Gasteiger partial charge is 0.323 e. The average Bonchev–Trinajstić information content (AvgIpc) is 2.37. The third-order valence-corrected chi connectivity index (χ3v) is 3.92. The van der Waals surface area contributed by atoms with Crippen molar-refractivity contribution in [2.45, 2.75) is 45.6 Å². The van der Waals surface area contributed by atoms with Crippen molar-refractivity contribution < 1.29 is 24.2 Å². The number of carbonyl (C=O) groups excluding carboxylic acids is 1. The number of hydrogen-bond acceptors (Lipinski definition) is 4. The molecule has 0 aromatic heterocycles. The van der Waals surface area contributed by atoms with Gasteiger partial charge in [-0.1, -0.05) is 6.42 Å². The number of esters is 1. The minimum absolute atomic E-state index is 0.0388. The normalized spacial score (nSPS) is 27.3. The number of carbonyl (C=O) groups is 2. The minimum Gasteiger partial charge on any atom is -0.480 e. The molecular weight excluding hydrogens is 236 g/mol. The second kappa shape index (κ2) is 6.18. The van der Waals surface area contributed by atoms with Gasteiger partial charge in [-0.25, -0.2) is 0 Å². The van der Waals surface area contributed by atoms with Crippen LogP contribution in [-0.4, -0.2) is 36.9 Å². The molecule has 5 heteroatoms. The molecule has 0 aliphatic heterocycles. The van der Waals surface area contributed by atoms with Crippen molar-refractivity contribution in [3.8, 4) is 0 Å². The highest BCUT2D eigenvalue weighted by Crippen LogP contribution is 2.40. The van der Waals surface area contributed by atoms with Crippen LogP contribution in [0.25, 0.3) is 0 Å². The van der Waals surface area contributed by atoms with Gasteiger partial charge < -0.3 is 14.6 Å². The topological polar surface area (TPSA) is 72.8 Å². The van der Waals surface area contributed by atoms with Gasteiger partial charge in [0.05, 0.1) is 12.7 Å². The van der Waals surface area contributed by atoms with Gasteiger partial charge in [0.1, 0.15) is 0 Å². The Balaban J connectivity index is 2.90. The van der Waals surface area contributed by atoms with E-state index in [-0.39, 0.29) is 18.6 Å². The van der Waals surface area contributed by atoms with Crippen molar-refractivity contribution in [1.29, 1.82) is 0 Å². The van der Waals surface area contributed by atoms with E-state index in [1.54, 1.807) is 14.0 Å². The van der Waals surface area contributed by atoms with Crippen LogP contribution in [0.5, 0.6) is 0 Å². The first-order valence-electron chi connectivity index (χ1n) is 6.40. The Morgan fingerprint density at radius 1 is 1.39 bits per heavy atom. The molecule has 1 N–H and O–H groups in total. The van der Waals surface area contributed by atoms with Crippen LogP contribution in [0.2, 0.25) is 0 Å². The number of ether oxygens (including phenoxy) is 2. The summed E-state index contributed by atoms with van der Waals surface area (Å²) >= 11 is 0. The SMILES string of the molecule is CCOC(=O)C(C)(C(=O)O)C1CCCC(OC)C1. The Labute approximate surface area is 107 Å². The van der Waals surface area contributed by atoms with E-state index in [0.29, 0.717) is 6.42 Å². The van der Waals surface area contributed by atoms with Crippen LogP contribution in [0.4, 0.5) is 0 Å². The zero-order valence-electron chi connectivity index (χ0n) is 11.3. The van der Waals surface area contributed by atoms with Crippen LogP contribution in [0, 0.1) is 11.3 Å². The first-order chi connectivity index (χ1) is 8.46. The van der Waals surface area contributed by atoms with E-state index in [4.69, 9.17) is 9.47 Å². The van der Waals surface area contributed by atoms with Gasteiger partial charge >= 0.3 is 11.9 Å². The summed E-state index contributed by atoms with van der Waals surface area (Å²) in [5.41, 5.74) is -1.47. The van der Waals surface area contributed by atoms with Crippen LogP contribution in [0.3, 0.4) is 0 Å². The van der Waals surface area contributed by atoms with Crippen molar-refractivity contribution in [2.75, 3.05) is 13.7 Å². The minimum atomic E-state index is -1.47. The lowest BCUT2D eigenvalue weighted by molar-refractivity contribution is -0.173. The first-order valence-corrected chi connectivity index (χ1v) is 6.40. The molecule has 1 saturated carbocycles. The van der Waals surface area contributed by atoms with Crippen LogP contribution in [0.1, 0.15) is 39.5 Å². The van der Waals surface area contributed by atoms with E-state index in [1.165, 1.54) is 6.92 Å². The zero-order valence-corrected chi connectivity index (χ0v) is 11.3. The third kappa shape index (κ3) is 2.83. The predicted molar refractivity (Wildman–Crippen MR) is 65.1 cm³/mol. The van der Waals surface area contributed by atoms with E-state index in [1.807, 2.05) is 0 Å². The maximum Gasteiger partial charge on any atom is 0.323 e. The summed E-state index contributed by atoms with van der Waals surface area (Å²) in [6, 6.07) is 0. The fraction of sp³-hybridized carbons (Fsp3) is 0.846. The second-order valence-corrected chi connectivity index (χ2v) is 4.95. The Hall–Kier alpha value is -1.10. The lowest BCUT2D eigenvalue weighted by atomic mass is 9.69. The molecule has 5 nitrogen and oxygen atoms in total. The van der Waals surface area contributed by atoms with Crippen LogP contribution in [0.15, 0.2) is 0 Å². The van der Waals surface area contributed by atoms with E-state index in [9.17, 15) is 14.7 Å². The lowest BCUT2D eigenvalue weighted by Crippen LogP contribution is -2.46. The van der Waals surface area contributed by atoms with Crippen molar-refractivity contribution in [2.24, 2.45) is 11.3 Å². The van der Waals surface area contributed by atoms with Gasteiger partial charge in [0, 0.05) is 7.11 Å². The third-order valence-electron chi connectivity index (χ3n) is 3.92. The molecule has 3 atom stereocenters. The lowest BCUT2D eigenvalue weighted by Gasteiger charge is -2.37. The zero-order chi connectivity index (χ0) is 13.8. The maximum atomic E-state index is 12.0. The van der Waals surface area contributed by atoms with Gasteiger partial charge in [-0.2, -0.15) is 0 Å². The summed E-state index contributed by atoms with van der Waals surface area (Å²) in [6.07, 6.45) is 3.16. The number of carboxylic acids is 1. The van der Waals surface area contributed by atoms with Crippen LogP contribution in [-0.2, 0) is 19.1 Å². The number of methoxy groups -OCH3 is 1. The summed E-state index contributed by atoms with van der Waals surface area (Å²) in [4.78, 5) is 23.4. The molecule has 0 amide bonds. The second-order valence-electron chi connectivity index (χ2n) is 4.95. The largest absolute Gasteiger partial charge is 0.480 e. The van der Waals surface area contributed by atoms with Gasteiger partial charge in [0.2, 0.25) is 0 Å². The molecule has 0 heterocycles. The van der Waals surface area contributed by atoms with Gasteiger partial charge in [0.25, 0.3) is 0 Å². The van der Waals surface area contributed by atoms with Crippen molar-refractivity contribution >= 4 is 11.9 Å². The average molecular weight is 258 g/mol.